The lowest BCUT2D eigenvalue weighted by atomic mass is 10.0. The van der Waals surface area contributed by atoms with Crippen molar-refractivity contribution < 1.29 is 0 Å². The van der Waals surface area contributed by atoms with Crippen LogP contribution >= 0.6 is 0 Å². The molecule has 4 aromatic rings. The molecule has 2 aliphatic heterocycles. The summed E-state index contributed by atoms with van der Waals surface area (Å²) < 4.78 is 1.99. The van der Waals surface area contributed by atoms with E-state index < -0.39 is 6.17 Å². The van der Waals surface area contributed by atoms with Crippen molar-refractivity contribution in [2.45, 2.75) is 12.2 Å². The molecule has 0 radical (unpaired) electrons. The Morgan fingerprint density at radius 1 is 0.872 bits per heavy atom. The van der Waals surface area contributed by atoms with E-state index in [-0.39, 0.29) is 6.04 Å². The summed E-state index contributed by atoms with van der Waals surface area (Å²) in [5, 5.41) is 3.36. The quantitative estimate of drug-likeness (QED) is 0.276. The Kier molecular flexibility index (Phi) is 6.58. The molecule has 39 heavy (non-hydrogen) atoms. The number of aromatic nitrogens is 2. The van der Waals surface area contributed by atoms with E-state index in [1.54, 1.807) is 6.08 Å². The van der Waals surface area contributed by atoms with Gasteiger partial charge in [0.15, 0.2) is 12.0 Å². The standard InChI is InChI=1S/C33H28N6/c1-3-4-12-23(2)31-35-32(25-15-9-6-10-16-25)37-33(36-31)27-18-11-17-26(21-27)28-19-20-30-34-29(22-39(30)38-28)24-13-7-5-8-14-24/h3-22,28,33,38H,1-2H2,(H,35,36,37)/b12-4-. The van der Waals surface area contributed by atoms with Crippen LogP contribution in [0.25, 0.3) is 17.3 Å². The molecule has 2 atom stereocenters. The summed E-state index contributed by atoms with van der Waals surface area (Å²) in [4.78, 5) is 14.7. The van der Waals surface area contributed by atoms with E-state index in [1.165, 1.54) is 0 Å². The third-order valence-corrected chi connectivity index (χ3v) is 6.61. The van der Waals surface area contributed by atoms with Gasteiger partial charge in [-0.3, -0.25) is 0 Å². The highest BCUT2D eigenvalue weighted by atomic mass is 15.4. The van der Waals surface area contributed by atoms with E-state index in [2.05, 4.69) is 72.5 Å². The second-order valence-electron chi connectivity index (χ2n) is 9.30. The minimum Gasteiger partial charge on any atom is -0.324 e. The molecule has 0 saturated heterocycles. The Balaban J connectivity index is 1.30. The molecule has 6 heteroatoms. The van der Waals surface area contributed by atoms with Crippen LogP contribution in [0.5, 0.6) is 0 Å². The van der Waals surface area contributed by atoms with Gasteiger partial charge >= 0.3 is 0 Å². The van der Waals surface area contributed by atoms with E-state index in [9.17, 15) is 0 Å². The number of amidine groups is 2. The average Bonchev–Trinajstić information content (AvgIpc) is 3.44. The molecule has 0 aliphatic carbocycles. The van der Waals surface area contributed by atoms with E-state index in [0.717, 1.165) is 45.2 Å². The first-order valence-electron chi connectivity index (χ1n) is 12.8. The number of imidazole rings is 1. The normalized spacial score (nSPS) is 17.9. The Bertz CT molecular complexity index is 1640. The molecular formula is C33H28N6. The Morgan fingerprint density at radius 3 is 2.38 bits per heavy atom. The van der Waals surface area contributed by atoms with Crippen LogP contribution in [0.3, 0.4) is 0 Å². The summed E-state index contributed by atoms with van der Waals surface area (Å²) in [6.07, 6.45) is 11.3. The van der Waals surface area contributed by atoms with Gasteiger partial charge in [-0.15, -0.1) is 0 Å². The molecule has 0 bridgehead atoms. The first-order chi connectivity index (χ1) is 19.2. The van der Waals surface area contributed by atoms with Crippen LogP contribution < -0.4 is 10.7 Å². The van der Waals surface area contributed by atoms with Gasteiger partial charge < -0.3 is 10.7 Å². The predicted octanol–water partition coefficient (Wildman–Crippen LogP) is 6.61. The largest absolute Gasteiger partial charge is 0.324 e. The van der Waals surface area contributed by atoms with Gasteiger partial charge in [0, 0.05) is 16.7 Å². The van der Waals surface area contributed by atoms with Gasteiger partial charge in [-0.25, -0.2) is 19.6 Å². The predicted molar refractivity (Wildman–Crippen MR) is 160 cm³/mol. The number of hydrogen-bond donors (Lipinski definition) is 2. The molecule has 0 amide bonds. The zero-order chi connectivity index (χ0) is 26.6. The van der Waals surface area contributed by atoms with Gasteiger partial charge in [0.2, 0.25) is 0 Å². The van der Waals surface area contributed by atoms with Crippen LogP contribution in [0.4, 0.5) is 0 Å². The lowest BCUT2D eigenvalue weighted by Gasteiger charge is -2.24. The minimum absolute atomic E-state index is 0.0245. The van der Waals surface area contributed by atoms with Gasteiger partial charge in [0.05, 0.1) is 17.9 Å². The lowest BCUT2D eigenvalue weighted by Crippen LogP contribution is -2.36. The molecule has 0 fully saturated rings. The molecule has 190 valence electrons. The first kappa shape index (κ1) is 24.1. The van der Waals surface area contributed by atoms with Crippen molar-refractivity contribution in [1.82, 2.24) is 15.0 Å². The third-order valence-electron chi connectivity index (χ3n) is 6.61. The fraction of sp³-hybridized carbons (Fsp3) is 0.0606. The van der Waals surface area contributed by atoms with E-state index >= 15 is 0 Å². The van der Waals surface area contributed by atoms with Crippen LogP contribution in [-0.4, -0.2) is 21.3 Å². The molecule has 6 nitrogen and oxygen atoms in total. The highest BCUT2D eigenvalue weighted by Crippen LogP contribution is 2.29. The van der Waals surface area contributed by atoms with Crippen molar-refractivity contribution >= 4 is 17.7 Å². The van der Waals surface area contributed by atoms with Crippen molar-refractivity contribution in [3.63, 3.8) is 0 Å². The smallest absolute Gasteiger partial charge is 0.169 e. The maximum absolute atomic E-state index is 4.97. The van der Waals surface area contributed by atoms with Gasteiger partial charge in [0.25, 0.3) is 0 Å². The monoisotopic (exact) mass is 508 g/mol. The number of rotatable bonds is 7. The Morgan fingerprint density at radius 2 is 1.62 bits per heavy atom. The summed E-state index contributed by atoms with van der Waals surface area (Å²) in [7, 11) is 0. The number of benzene rings is 3. The van der Waals surface area contributed by atoms with Crippen molar-refractivity contribution in [2.75, 3.05) is 5.43 Å². The highest BCUT2D eigenvalue weighted by Gasteiger charge is 2.22. The molecule has 0 saturated carbocycles. The summed E-state index contributed by atoms with van der Waals surface area (Å²) in [5.41, 5.74) is 9.45. The third kappa shape index (κ3) is 5.13. The molecule has 2 N–H and O–H groups in total. The van der Waals surface area contributed by atoms with Crippen molar-refractivity contribution in [3.05, 3.63) is 157 Å². The fourth-order valence-corrected chi connectivity index (χ4v) is 4.61. The van der Waals surface area contributed by atoms with Crippen LogP contribution in [-0.2, 0) is 0 Å². The molecule has 3 heterocycles. The van der Waals surface area contributed by atoms with E-state index in [0.29, 0.717) is 5.84 Å². The second-order valence-corrected chi connectivity index (χ2v) is 9.30. The van der Waals surface area contributed by atoms with Gasteiger partial charge in [-0.1, -0.05) is 116 Å². The number of hydrogen-bond acceptors (Lipinski definition) is 5. The zero-order valence-electron chi connectivity index (χ0n) is 21.4. The number of nitrogens with zero attached hydrogens (tertiary/aromatic N) is 4. The number of aliphatic imine (C=N–C) groups is 2. The summed E-state index contributed by atoms with van der Waals surface area (Å²) in [5.74, 6) is 2.32. The molecule has 2 aliphatic rings. The Labute approximate surface area is 228 Å². The van der Waals surface area contributed by atoms with Gasteiger partial charge in [-0.05, 0) is 23.3 Å². The molecule has 6 rings (SSSR count). The van der Waals surface area contributed by atoms with Gasteiger partial charge in [0.1, 0.15) is 11.7 Å². The SMILES string of the molecule is C=C/C=C\C(=C)C1=NC(c2cccc(C3C=Cc4nc(-c5ccccc5)cn4N3)c2)N=C(c2ccccc2)N1. The molecule has 0 spiro atoms. The molecule has 1 aromatic heterocycles. The second kappa shape index (κ2) is 10.6. The number of nitrogens with one attached hydrogen (secondary N) is 2. The summed E-state index contributed by atoms with van der Waals surface area (Å²) >= 11 is 0. The van der Waals surface area contributed by atoms with E-state index in [4.69, 9.17) is 15.0 Å². The van der Waals surface area contributed by atoms with Crippen LogP contribution in [0.2, 0.25) is 0 Å². The highest BCUT2D eigenvalue weighted by molar-refractivity contribution is 6.16. The van der Waals surface area contributed by atoms with Crippen LogP contribution in [0.1, 0.15) is 34.7 Å². The van der Waals surface area contributed by atoms with Crippen molar-refractivity contribution in [1.29, 1.82) is 0 Å². The lowest BCUT2D eigenvalue weighted by molar-refractivity contribution is 0.735. The molecular weight excluding hydrogens is 480 g/mol. The van der Waals surface area contributed by atoms with Gasteiger partial charge in [-0.2, -0.15) is 0 Å². The molecule has 3 aromatic carbocycles. The molecule has 2 unspecified atom stereocenters. The van der Waals surface area contributed by atoms with Crippen molar-refractivity contribution in [2.24, 2.45) is 9.98 Å². The maximum atomic E-state index is 4.97. The topological polar surface area (TPSA) is 66.6 Å². The first-order valence-corrected chi connectivity index (χ1v) is 12.8. The zero-order valence-corrected chi connectivity index (χ0v) is 21.4. The van der Waals surface area contributed by atoms with Crippen molar-refractivity contribution in [3.8, 4) is 11.3 Å². The number of allylic oxidation sites excluding steroid dienone is 2. The van der Waals surface area contributed by atoms with E-state index in [1.807, 2.05) is 71.6 Å². The Hall–Kier alpha value is -5.23. The fourth-order valence-electron chi connectivity index (χ4n) is 4.61. The number of fused-ring (bicyclic) bond motifs is 1. The summed E-state index contributed by atoms with van der Waals surface area (Å²) in [6.45, 7) is 7.96. The maximum Gasteiger partial charge on any atom is 0.169 e. The summed E-state index contributed by atoms with van der Waals surface area (Å²) in [6, 6.07) is 28.6. The average molecular weight is 509 g/mol. The minimum atomic E-state index is -0.411. The van der Waals surface area contributed by atoms with Crippen LogP contribution in [0.15, 0.2) is 144 Å². The van der Waals surface area contributed by atoms with Crippen LogP contribution in [0, 0.1) is 0 Å².